The fourth-order valence-corrected chi connectivity index (χ4v) is 4.04. The third kappa shape index (κ3) is 4.38. The topological polar surface area (TPSA) is 122 Å². The second-order valence-electron chi connectivity index (χ2n) is 7.85. The van der Waals surface area contributed by atoms with Crippen LogP contribution in [0.5, 0.6) is 5.88 Å². The Morgan fingerprint density at radius 3 is 2.97 bits per heavy atom. The molecule has 0 saturated carbocycles. The molecule has 1 saturated heterocycles. The third-order valence-corrected chi connectivity index (χ3v) is 5.39. The lowest BCUT2D eigenvalue weighted by Crippen LogP contribution is -2.49. The van der Waals surface area contributed by atoms with Crippen LogP contribution >= 0.6 is 0 Å². The predicted octanol–water partition coefficient (Wildman–Crippen LogP) is 1.59. The molecular weight excluding hydrogens is 396 g/mol. The van der Waals surface area contributed by atoms with Crippen LogP contribution in [0.15, 0.2) is 24.0 Å². The van der Waals surface area contributed by atoms with Gasteiger partial charge in [0.2, 0.25) is 0 Å². The number of urea groups is 1. The van der Waals surface area contributed by atoms with E-state index in [-0.39, 0.29) is 11.9 Å². The van der Waals surface area contributed by atoms with Crippen LogP contribution in [0.2, 0.25) is 0 Å². The Morgan fingerprint density at radius 1 is 1.39 bits per heavy atom. The first-order valence-corrected chi connectivity index (χ1v) is 10.4. The van der Waals surface area contributed by atoms with Crippen molar-refractivity contribution in [1.82, 2.24) is 20.5 Å². The van der Waals surface area contributed by atoms with Crippen molar-refractivity contribution in [2.24, 2.45) is 5.73 Å². The minimum absolute atomic E-state index is 0.233. The van der Waals surface area contributed by atoms with E-state index in [1.54, 1.807) is 30.2 Å². The largest absolute Gasteiger partial charge is 0.478 e. The Kier molecular flexibility index (Phi) is 5.90. The van der Waals surface area contributed by atoms with E-state index in [0.29, 0.717) is 35.5 Å². The summed E-state index contributed by atoms with van der Waals surface area (Å²) in [6, 6.07) is 3.86. The first-order chi connectivity index (χ1) is 15.0. The fourth-order valence-electron chi connectivity index (χ4n) is 4.04. The normalized spacial score (nSPS) is 18.7. The van der Waals surface area contributed by atoms with Crippen LogP contribution in [0.25, 0.3) is 6.08 Å². The number of anilines is 3. The number of rotatable bonds is 4. The molecule has 2 aromatic heterocycles. The zero-order valence-electron chi connectivity index (χ0n) is 18.1. The molecule has 4 rings (SSSR count). The number of amides is 2. The summed E-state index contributed by atoms with van der Waals surface area (Å²) in [5.41, 5.74) is 9.54. The lowest BCUT2D eigenvalue weighted by molar-refractivity contribution is 0.257. The number of nitrogens with zero attached hydrogens (tertiary/aromatic N) is 5. The second kappa shape index (κ2) is 8.76. The molecule has 0 bridgehead atoms. The summed E-state index contributed by atoms with van der Waals surface area (Å²) >= 11 is 0. The van der Waals surface area contributed by atoms with Gasteiger partial charge in [-0.05, 0) is 38.5 Å². The Morgan fingerprint density at radius 2 is 2.23 bits per heavy atom. The number of piperazine rings is 1. The number of aromatic nitrogens is 3. The lowest BCUT2D eigenvalue weighted by Gasteiger charge is -2.34. The van der Waals surface area contributed by atoms with Gasteiger partial charge in [0, 0.05) is 55.4 Å². The molecule has 4 heterocycles. The molecule has 0 aromatic carbocycles. The minimum atomic E-state index is -0.289. The second-order valence-corrected chi connectivity index (χ2v) is 7.85. The average Bonchev–Trinajstić information content (AvgIpc) is 3.18. The summed E-state index contributed by atoms with van der Waals surface area (Å²) < 4.78 is 5.26. The van der Waals surface area contributed by atoms with Crippen LogP contribution in [0.1, 0.15) is 25.1 Å². The van der Waals surface area contributed by atoms with Crippen LogP contribution in [-0.4, -0.2) is 60.5 Å². The van der Waals surface area contributed by atoms with Crippen molar-refractivity contribution in [2.75, 3.05) is 48.4 Å². The van der Waals surface area contributed by atoms with Gasteiger partial charge in [0.15, 0.2) is 0 Å². The van der Waals surface area contributed by atoms with Gasteiger partial charge in [-0.1, -0.05) is 0 Å². The zero-order valence-corrected chi connectivity index (χ0v) is 18.1. The van der Waals surface area contributed by atoms with E-state index in [2.05, 4.69) is 37.6 Å². The zero-order chi connectivity index (χ0) is 22.0. The fraction of sp³-hybridized carbons (Fsp3) is 0.429. The minimum Gasteiger partial charge on any atom is -0.478 e. The van der Waals surface area contributed by atoms with Crippen molar-refractivity contribution in [1.29, 1.82) is 0 Å². The number of ether oxygens (including phenoxy) is 1. The first kappa shape index (κ1) is 20.9. The maximum Gasteiger partial charge on any atom is 0.327 e. The molecular formula is C21H28N8O2. The molecule has 31 heavy (non-hydrogen) atoms. The van der Waals surface area contributed by atoms with Gasteiger partial charge < -0.3 is 26.0 Å². The molecule has 10 heteroatoms. The standard InChI is InChI=1S/C21H28N8O2/c1-13(22)10-15-11-17(20(31-3)27-26-15)25-21(30)29-8-5-16-18(4-6-24-19(16)29)28-9-7-23-14(2)12-28/h4,6,10-11,14,23H,5,7-9,12,22H2,1-3H3,(H,25,26,30)/b13-10-. The molecule has 4 N–H and O–H groups in total. The Bertz CT molecular complexity index is 1000. The van der Waals surface area contributed by atoms with E-state index in [0.717, 1.165) is 37.3 Å². The lowest BCUT2D eigenvalue weighted by atomic mass is 10.1. The summed E-state index contributed by atoms with van der Waals surface area (Å²) in [6.07, 6.45) is 4.21. The predicted molar refractivity (Wildman–Crippen MR) is 120 cm³/mol. The van der Waals surface area contributed by atoms with Gasteiger partial charge in [0.1, 0.15) is 11.5 Å². The summed E-state index contributed by atoms with van der Waals surface area (Å²) in [4.78, 5) is 21.7. The monoisotopic (exact) mass is 424 g/mol. The van der Waals surface area contributed by atoms with E-state index < -0.39 is 0 Å². The molecule has 0 aliphatic carbocycles. The smallest absolute Gasteiger partial charge is 0.327 e. The van der Waals surface area contributed by atoms with E-state index in [4.69, 9.17) is 10.5 Å². The number of fused-ring (bicyclic) bond motifs is 1. The highest BCUT2D eigenvalue weighted by Crippen LogP contribution is 2.35. The summed E-state index contributed by atoms with van der Waals surface area (Å²) in [5, 5.41) is 14.4. The van der Waals surface area contributed by atoms with E-state index in [1.807, 2.05) is 6.07 Å². The van der Waals surface area contributed by atoms with Gasteiger partial charge in [-0.25, -0.2) is 9.78 Å². The summed E-state index contributed by atoms with van der Waals surface area (Å²) in [6.45, 7) is 7.30. The van der Waals surface area contributed by atoms with Crippen LogP contribution in [0, 0.1) is 0 Å². The molecule has 2 amide bonds. The van der Waals surface area contributed by atoms with Crippen LogP contribution in [-0.2, 0) is 6.42 Å². The van der Waals surface area contributed by atoms with Crippen LogP contribution in [0.4, 0.5) is 22.0 Å². The molecule has 2 aliphatic rings. The molecule has 0 spiro atoms. The van der Waals surface area contributed by atoms with Gasteiger partial charge in [0.25, 0.3) is 5.88 Å². The maximum absolute atomic E-state index is 13.1. The number of hydrogen-bond acceptors (Lipinski definition) is 8. The van der Waals surface area contributed by atoms with Crippen molar-refractivity contribution < 1.29 is 9.53 Å². The van der Waals surface area contributed by atoms with Gasteiger partial charge in [-0.2, -0.15) is 0 Å². The number of carbonyl (C=O) groups is 1. The van der Waals surface area contributed by atoms with Gasteiger partial charge in [0.05, 0.1) is 12.8 Å². The number of methoxy groups -OCH3 is 1. The molecule has 1 unspecified atom stereocenters. The quantitative estimate of drug-likeness (QED) is 0.677. The summed E-state index contributed by atoms with van der Waals surface area (Å²) in [5.74, 6) is 0.927. The van der Waals surface area contributed by atoms with Gasteiger partial charge in [-0.3, -0.25) is 4.90 Å². The average molecular weight is 425 g/mol. The molecule has 2 aromatic rings. The first-order valence-electron chi connectivity index (χ1n) is 10.4. The van der Waals surface area contributed by atoms with Crippen molar-refractivity contribution in [3.8, 4) is 5.88 Å². The maximum atomic E-state index is 13.1. The van der Waals surface area contributed by atoms with Crippen molar-refractivity contribution >= 4 is 29.3 Å². The number of nitrogens with two attached hydrogens (primary N) is 1. The van der Waals surface area contributed by atoms with E-state index in [9.17, 15) is 4.79 Å². The van der Waals surface area contributed by atoms with Gasteiger partial charge >= 0.3 is 6.03 Å². The number of allylic oxidation sites excluding steroid dienone is 1. The number of pyridine rings is 1. The van der Waals surface area contributed by atoms with Crippen molar-refractivity contribution in [3.05, 3.63) is 35.3 Å². The molecule has 10 nitrogen and oxygen atoms in total. The number of carbonyl (C=O) groups excluding carboxylic acids is 1. The molecule has 164 valence electrons. The van der Waals surface area contributed by atoms with Crippen molar-refractivity contribution in [2.45, 2.75) is 26.3 Å². The Labute approximate surface area is 181 Å². The summed E-state index contributed by atoms with van der Waals surface area (Å²) in [7, 11) is 1.48. The third-order valence-electron chi connectivity index (χ3n) is 5.39. The molecule has 2 aliphatic heterocycles. The highest BCUT2D eigenvalue weighted by atomic mass is 16.5. The highest BCUT2D eigenvalue weighted by molar-refractivity contribution is 6.03. The highest BCUT2D eigenvalue weighted by Gasteiger charge is 2.31. The molecule has 1 fully saturated rings. The van der Waals surface area contributed by atoms with E-state index >= 15 is 0 Å². The Balaban J connectivity index is 1.57. The van der Waals surface area contributed by atoms with Crippen LogP contribution in [0.3, 0.4) is 0 Å². The van der Waals surface area contributed by atoms with E-state index in [1.165, 1.54) is 7.11 Å². The number of hydrogen-bond donors (Lipinski definition) is 3. The SMILES string of the molecule is COc1nnc(/C=C(/C)N)cc1NC(=O)N1CCc2c(N3CCNC(C)C3)ccnc21. The number of nitrogens with one attached hydrogen (secondary N) is 2. The Hall–Kier alpha value is -3.40. The van der Waals surface area contributed by atoms with Crippen molar-refractivity contribution in [3.63, 3.8) is 0 Å². The van der Waals surface area contributed by atoms with Gasteiger partial charge in [-0.15, -0.1) is 10.2 Å². The molecule has 0 radical (unpaired) electrons. The van der Waals surface area contributed by atoms with Crippen LogP contribution < -0.4 is 30.9 Å². The molecule has 1 atom stereocenters.